The molecule has 1 atom stereocenters. The van der Waals surface area contributed by atoms with Crippen molar-refractivity contribution in [3.8, 4) is 10.6 Å². The molecule has 0 fully saturated rings. The largest absolute Gasteiger partial charge is 0.323 e. The number of hydrogen-bond donors (Lipinski definition) is 1. The van der Waals surface area contributed by atoms with Crippen molar-refractivity contribution in [3.63, 3.8) is 0 Å². The molecule has 1 aromatic carbocycles. The second-order valence-corrected chi connectivity index (χ2v) is 5.67. The number of aryl methyl sites for hydroxylation is 3. The minimum Gasteiger partial charge on any atom is -0.323 e. The van der Waals surface area contributed by atoms with Crippen molar-refractivity contribution < 1.29 is 0 Å². The zero-order chi connectivity index (χ0) is 12.6. The van der Waals surface area contributed by atoms with E-state index < -0.39 is 0 Å². The Bertz CT molecular complexity index is 541. The Kier molecular flexibility index (Phi) is 3.31. The quantitative estimate of drug-likeness (QED) is 0.876. The van der Waals surface area contributed by atoms with Gasteiger partial charge in [0.1, 0.15) is 5.01 Å². The van der Waals surface area contributed by atoms with E-state index in [2.05, 4.69) is 37.9 Å². The van der Waals surface area contributed by atoms with Gasteiger partial charge in [0.25, 0.3) is 0 Å². The molecule has 0 saturated carbocycles. The topological polar surface area (TPSA) is 38.9 Å². The number of thiazole rings is 1. The third-order valence-corrected chi connectivity index (χ3v) is 4.28. The molecule has 0 aliphatic heterocycles. The van der Waals surface area contributed by atoms with Crippen LogP contribution in [-0.2, 0) is 0 Å². The molecule has 2 N–H and O–H groups in total. The molecule has 2 nitrogen and oxygen atoms in total. The van der Waals surface area contributed by atoms with E-state index in [0.717, 1.165) is 9.88 Å². The first-order valence-corrected chi connectivity index (χ1v) is 6.60. The summed E-state index contributed by atoms with van der Waals surface area (Å²) in [5, 5.41) is 1.07. The summed E-state index contributed by atoms with van der Waals surface area (Å²) in [6.07, 6.45) is 1.89. The molecule has 0 bridgehead atoms. The molecule has 0 amide bonds. The summed E-state index contributed by atoms with van der Waals surface area (Å²) in [4.78, 5) is 5.61. The first-order chi connectivity index (χ1) is 7.99. The Hall–Kier alpha value is -1.19. The van der Waals surface area contributed by atoms with Gasteiger partial charge in [-0.3, -0.25) is 0 Å². The second-order valence-electron chi connectivity index (χ2n) is 4.61. The van der Waals surface area contributed by atoms with E-state index in [1.54, 1.807) is 11.3 Å². The monoisotopic (exact) mass is 246 g/mol. The highest BCUT2D eigenvalue weighted by atomic mass is 32.1. The van der Waals surface area contributed by atoms with E-state index in [0.29, 0.717) is 0 Å². The lowest BCUT2D eigenvalue weighted by Crippen LogP contribution is -2.01. The smallest absolute Gasteiger partial charge is 0.123 e. The number of hydrogen-bond acceptors (Lipinski definition) is 3. The van der Waals surface area contributed by atoms with Gasteiger partial charge < -0.3 is 5.73 Å². The first kappa shape index (κ1) is 12.3. The highest BCUT2D eigenvalue weighted by Gasteiger charge is 2.10. The van der Waals surface area contributed by atoms with Crippen molar-refractivity contribution in [2.75, 3.05) is 0 Å². The van der Waals surface area contributed by atoms with E-state index in [1.165, 1.54) is 22.3 Å². The lowest BCUT2D eigenvalue weighted by atomic mass is 10.0. The zero-order valence-corrected chi connectivity index (χ0v) is 11.6. The van der Waals surface area contributed by atoms with Gasteiger partial charge in [0, 0.05) is 22.7 Å². The van der Waals surface area contributed by atoms with Gasteiger partial charge in [-0.1, -0.05) is 6.07 Å². The van der Waals surface area contributed by atoms with Crippen LogP contribution in [-0.4, -0.2) is 4.98 Å². The van der Waals surface area contributed by atoms with Crippen LogP contribution in [0.25, 0.3) is 10.6 Å². The Morgan fingerprint density at radius 2 is 1.76 bits per heavy atom. The zero-order valence-electron chi connectivity index (χ0n) is 10.7. The Labute approximate surface area is 107 Å². The maximum Gasteiger partial charge on any atom is 0.123 e. The molecule has 1 unspecified atom stereocenters. The molecule has 3 heteroatoms. The van der Waals surface area contributed by atoms with Crippen LogP contribution in [0, 0.1) is 20.8 Å². The van der Waals surface area contributed by atoms with E-state index in [9.17, 15) is 0 Å². The fourth-order valence-electron chi connectivity index (χ4n) is 1.81. The molecular formula is C14H18N2S. The normalized spacial score (nSPS) is 12.8. The third kappa shape index (κ3) is 2.40. The van der Waals surface area contributed by atoms with Gasteiger partial charge in [-0.25, -0.2) is 4.98 Å². The maximum absolute atomic E-state index is 5.87. The highest BCUT2D eigenvalue weighted by molar-refractivity contribution is 7.15. The molecule has 2 rings (SSSR count). The lowest BCUT2D eigenvalue weighted by molar-refractivity contribution is 0.835. The average Bonchev–Trinajstić information content (AvgIpc) is 2.72. The van der Waals surface area contributed by atoms with Crippen molar-refractivity contribution >= 4 is 11.3 Å². The van der Waals surface area contributed by atoms with E-state index in [4.69, 9.17) is 5.73 Å². The third-order valence-electron chi connectivity index (χ3n) is 3.04. The van der Waals surface area contributed by atoms with E-state index in [-0.39, 0.29) is 6.04 Å². The summed E-state index contributed by atoms with van der Waals surface area (Å²) in [6, 6.07) is 4.50. The number of rotatable bonds is 2. The predicted octanol–water partition coefficient (Wildman–Crippen LogP) is 3.76. The Morgan fingerprint density at radius 3 is 2.35 bits per heavy atom. The minimum atomic E-state index is 0.0631. The summed E-state index contributed by atoms with van der Waals surface area (Å²) in [6.45, 7) is 8.40. The van der Waals surface area contributed by atoms with E-state index in [1.807, 2.05) is 13.1 Å². The van der Waals surface area contributed by atoms with Gasteiger partial charge in [-0.2, -0.15) is 0 Å². The molecule has 17 heavy (non-hydrogen) atoms. The van der Waals surface area contributed by atoms with Crippen LogP contribution in [0.3, 0.4) is 0 Å². The van der Waals surface area contributed by atoms with Crippen LogP contribution in [0.4, 0.5) is 0 Å². The van der Waals surface area contributed by atoms with E-state index >= 15 is 0 Å². The molecule has 2 aromatic rings. The molecule has 1 heterocycles. The van der Waals surface area contributed by atoms with Crippen molar-refractivity contribution in [1.82, 2.24) is 4.98 Å². The summed E-state index contributed by atoms with van der Waals surface area (Å²) in [5.41, 5.74) is 11.0. The predicted molar refractivity (Wildman–Crippen MR) is 74.4 cm³/mol. The number of benzene rings is 1. The summed E-state index contributed by atoms with van der Waals surface area (Å²) >= 11 is 1.69. The van der Waals surface area contributed by atoms with Crippen LogP contribution in [0.15, 0.2) is 18.3 Å². The van der Waals surface area contributed by atoms with Gasteiger partial charge in [0.2, 0.25) is 0 Å². The molecule has 0 saturated heterocycles. The Balaban J connectivity index is 2.49. The molecule has 0 radical (unpaired) electrons. The fraction of sp³-hybridized carbons (Fsp3) is 0.357. The maximum atomic E-state index is 5.87. The summed E-state index contributed by atoms with van der Waals surface area (Å²) < 4.78 is 0. The molecule has 0 aliphatic carbocycles. The van der Waals surface area contributed by atoms with Gasteiger partial charge >= 0.3 is 0 Å². The molecule has 1 aromatic heterocycles. The SMILES string of the molecule is Cc1cc(C)c(-c2ncc(C(C)N)s2)cc1C. The summed E-state index contributed by atoms with van der Waals surface area (Å²) in [5.74, 6) is 0. The van der Waals surface area contributed by atoms with Gasteiger partial charge in [-0.15, -0.1) is 11.3 Å². The summed E-state index contributed by atoms with van der Waals surface area (Å²) in [7, 11) is 0. The van der Waals surface area contributed by atoms with Crippen LogP contribution in [0.2, 0.25) is 0 Å². The Morgan fingerprint density at radius 1 is 1.12 bits per heavy atom. The highest BCUT2D eigenvalue weighted by Crippen LogP contribution is 2.31. The van der Waals surface area contributed by atoms with Gasteiger partial charge in [-0.05, 0) is 50.5 Å². The van der Waals surface area contributed by atoms with Crippen molar-refractivity contribution in [2.45, 2.75) is 33.7 Å². The number of nitrogens with two attached hydrogens (primary N) is 1. The van der Waals surface area contributed by atoms with Crippen molar-refractivity contribution in [1.29, 1.82) is 0 Å². The van der Waals surface area contributed by atoms with Crippen LogP contribution in [0.1, 0.15) is 34.5 Å². The van der Waals surface area contributed by atoms with Crippen LogP contribution in [0.5, 0.6) is 0 Å². The standard InChI is InChI=1S/C14H18N2S/c1-8-5-10(3)12(6-9(8)2)14-16-7-13(17-14)11(4)15/h5-7,11H,15H2,1-4H3. The first-order valence-electron chi connectivity index (χ1n) is 5.78. The van der Waals surface area contributed by atoms with Crippen molar-refractivity contribution in [3.05, 3.63) is 39.9 Å². The molecule has 0 aliphatic rings. The lowest BCUT2D eigenvalue weighted by Gasteiger charge is -2.07. The number of nitrogens with zero attached hydrogens (tertiary/aromatic N) is 1. The minimum absolute atomic E-state index is 0.0631. The van der Waals surface area contributed by atoms with Gasteiger partial charge in [0.15, 0.2) is 0 Å². The van der Waals surface area contributed by atoms with Crippen LogP contribution >= 0.6 is 11.3 Å². The molecule has 0 spiro atoms. The van der Waals surface area contributed by atoms with Crippen molar-refractivity contribution in [2.24, 2.45) is 5.73 Å². The fourth-order valence-corrected chi connectivity index (χ4v) is 2.76. The number of aromatic nitrogens is 1. The molecule has 90 valence electrons. The van der Waals surface area contributed by atoms with Crippen LogP contribution < -0.4 is 5.73 Å². The average molecular weight is 246 g/mol. The van der Waals surface area contributed by atoms with Gasteiger partial charge in [0.05, 0.1) is 0 Å². The molecular weight excluding hydrogens is 228 g/mol. The second kappa shape index (κ2) is 4.59.